The first-order valence-corrected chi connectivity index (χ1v) is 7.06. The van der Waals surface area contributed by atoms with Gasteiger partial charge in [-0.05, 0) is 13.0 Å². The number of hydrogen-bond acceptors (Lipinski definition) is 4. The van der Waals surface area contributed by atoms with Crippen LogP contribution in [0.3, 0.4) is 0 Å². The average Bonchev–Trinajstić information content (AvgIpc) is 2.70. The average molecular weight is 307 g/mol. The molecule has 0 aromatic carbocycles. The summed E-state index contributed by atoms with van der Waals surface area (Å²) in [6, 6.07) is 1.57. The first-order chi connectivity index (χ1) is 7.97. The lowest BCUT2D eigenvalue weighted by atomic mass is 10.2. The molecule has 0 saturated carbocycles. The molecule has 1 N–H and O–H groups in total. The van der Waals surface area contributed by atoms with Gasteiger partial charge in [-0.25, -0.2) is 0 Å². The molecule has 0 aliphatic carbocycles. The summed E-state index contributed by atoms with van der Waals surface area (Å²) in [5.74, 6) is -0.130. The highest BCUT2D eigenvalue weighted by Crippen LogP contribution is 2.31. The van der Waals surface area contributed by atoms with E-state index in [1.54, 1.807) is 16.8 Å². The third-order valence-corrected chi connectivity index (χ3v) is 4.47. The molecule has 0 spiro atoms. The van der Waals surface area contributed by atoms with E-state index < -0.39 is 0 Å². The van der Waals surface area contributed by atoms with Crippen LogP contribution < -0.4 is 4.80 Å². The van der Waals surface area contributed by atoms with Crippen molar-refractivity contribution in [1.29, 1.82) is 5.41 Å². The summed E-state index contributed by atoms with van der Waals surface area (Å²) >= 11 is 14.2. The predicted molar refractivity (Wildman–Crippen MR) is 71.6 cm³/mol. The topological polar surface area (TPSA) is 45.9 Å². The summed E-state index contributed by atoms with van der Waals surface area (Å²) in [6.07, 6.45) is 1.78. The first-order valence-electron chi connectivity index (χ1n) is 4.67. The van der Waals surface area contributed by atoms with Crippen LogP contribution in [0.1, 0.15) is 15.2 Å². The number of nitrogens with one attached hydrogen (secondary N) is 1. The zero-order valence-corrected chi connectivity index (χ0v) is 11.9. The Morgan fingerprint density at radius 3 is 2.65 bits per heavy atom. The number of Topliss-reactive ketones (excluding diaryl/α,β-unsaturated/α-hetero) is 1. The Bertz CT molecular complexity index is 627. The Labute approximate surface area is 116 Å². The van der Waals surface area contributed by atoms with Crippen molar-refractivity contribution in [3.63, 3.8) is 0 Å². The second-order valence-corrected chi connectivity index (χ2v) is 6.96. The third-order valence-electron chi connectivity index (χ3n) is 2.13. The highest BCUT2D eigenvalue weighted by molar-refractivity contribution is 7.20. The molecule has 0 unspecified atom stereocenters. The number of thiazole rings is 1. The molecule has 0 radical (unpaired) electrons. The van der Waals surface area contributed by atoms with Gasteiger partial charge in [-0.15, -0.1) is 22.7 Å². The van der Waals surface area contributed by atoms with Gasteiger partial charge in [0.15, 0.2) is 10.6 Å². The molecular formula is C10H8Cl2N2OS2. The predicted octanol–water partition coefficient (Wildman–Crippen LogP) is 3.59. The molecule has 2 aromatic heterocycles. The van der Waals surface area contributed by atoms with Gasteiger partial charge in [0, 0.05) is 11.1 Å². The fourth-order valence-corrected chi connectivity index (χ4v) is 3.62. The molecule has 2 aromatic rings. The Morgan fingerprint density at radius 1 is 1.47 bits per heavy atom. The van der Waals surface area contributed by atoms with Crippen LogP contribution in [0.2, 0.25) is 8.67 Å². The molecule has 0 amide bonds. The van der Waals surface area contributed by atoms with Gasteiger partial charge in [-0.1, -0.05) is 23.2 Å². The van der Waals surface area contributed by atoms with Crippen LogP contribution >= 0.6 is 45.9 Å². The maximum absolute atomic E-state index is 12.0. The number of aryl methyl sites for hydroxylation is 1. The first kappa shape index (κ1) is 12.8. The van der Waals surface area contributed by atoms with Gasteiger partial charge in [0.2, 0.25) is 0 Å². The van der Waals surface area contributed by atoms with E-state index in [0.717, 1.165) is 4.88 Å². The smallest absolute Gasteiger partial charge is 0.184 e. The van der Waals surface area contributed by atoms with E-state index in [2.05, 4.69) is 0 Å². The quantitative estimate of drug-likeness (QED) is 0.865. The van der Waals surface area contributed by atoms with Gasteiger partial charge in [0.1, 0.15) is 4.34 Å². The Kier molecular flexibility index (Phi) is 3.73. The van der Waals surface area contributed by atoms with E-state index in [4.69, 9.17) is 28.6 Å². The minimum Gasteiger partial charge on any atom is -0.316 e. The van der Waals surface area contributed by atoms with Crippen molar-refractivity contribution >= 4 is 51.7 Å². The number of carbonyl (C=O) groups excluding carboxylic acids is 1. The minimum atomic E-state index is -0.130. The Morgan fingerprint density at radius 2 is 2.18 bits per heavy atom. The number of carbonyl (C=O) groups is 1. The number of nitrogens with zero attached hydrogens (tertiary/aromatic N) is 1. The fourth-order valence-electron chi connectivity index (χ4n) is 1.40. The van der Waals surface area contributed by atoms with Gasteiger partial charge < -0.3 is 4.57 Å². The largest absolute Gasteiger partial charge is 0.316 e. The lowest BCUT2D eigenvalue weighted by Crippen LogP contribution is -2.18. The van der Waals surface area contributed by atoms with Crippen LogP contribution in [0.4, 0.5) is 0 Å². The summed E-state index contributed by atoms with van der Waals surface area (Å²) < 4.78 is 2.50. The number of ketones is 1. The van der Waals surface area contributed by atoms with E-state index in [0.29, 0.717) is 19.0 Å². The van der Waals surface area contributed by atoms with E-state index in [1.807, 2.05) is 6.92 Å². The lowest BCUT2D eigenvalue weighted by molar-refractivity contribution is 0.0971. The van der Waals surface area contributed by atoms with Crippen molar-refractivity contribution in [2.24, 2.45) is 0 Å². The van der Waals surface area contributed by atoms with Crippen LogP contribution in [0, 0.1) is 12.3 Å². The fraction of sp³-hybridized carbons (Fsp3) is 0.200. The summed E-state index contributed by atoms with van der Waals surface area (Å²) in [6.45, 7) is 2.02. The van der Waals surface area contributed by atoms with E-state index in [9.17, 15) is 4.79 Å². The van der Waals surface area contributed by atoms with Crippen molar-refractivity contribution in [1.82, 2.24) is 4.57 Å². The van der Waals surface area contributed by atoms with E-state index in [-0.39, 0.29) is 12.3 Å². The van der Waals surface area contributed by atoms with Gasteiger partial charge in [0.05, 0.1) is 16.4 Å². The van der Waals surface area contributed by atoms with Gasteiger partial charge in [0.25, 0.3) is 0 Å². The molecule has 7 heteroatoms. The minimum absolute atomic E-state index is 0.121. The number of thiophene rings is 1. The van der Waals surface area contributed by atoms with Crippen molar-refractivity contribution in [3.8, 4) is 0 Å². The molecule has 0 fully saturated rings. The van der Waals surface area contributed by atoms with E-state index >= 15 is 0 Å². The molecule has 2 heterocycles. The molecule has 0 saturated heterocycles. The van der Waals surface area contributed by atoms with Crippen LogP contribution in [-0.4, -0.2) is 10.4 Å². The molecule has 90 valence electrons. The molecular weight excluding hydrogens is 299 g/mol. The summed E-state index contributed by atoms with van der Waals surface area (Å²) in [5.41, 5.74) is 0.428. The van der Waals surface area contributed by atoms with Crippen LogP contribution in [0.5, 0.6) is 0 Å². The summed E-state index contributed by atoms with van der Waals surface area (Å²) in [7, 11) is 0. The Hall–Kier alpha value is -0.620. The monoisotopic (exact) mass is 306 g/mol. The van der Waals surface area contributed by atoms with Crippen LogP contribution in [0.15, 0.2) is 12.3 Å². The van der Waals surface area contributed by atoms with Crippen molar-refractivity contribution in [2.45, 2.75) is 13.5 Å². The molecule has 2 rings (SSSR count). The highest BCUT2D eigenvalue weighted by Gasteiger charge is 2.15. The molecule has 17 heavy (non-hydrogen) atoms. The normalized spacial score (nSPS) is 10.8. The number of aromatic nitrogens is 1. The maximum Gasteiger partial charge on any atom is 0.184 e. The number of hydrogen-bond donors (Lipinski definition) is 1. The van der Waals surface area contributed by atoms with Crippen molar-refractivity contribution < 1.29 is 4.79 Å². The number of rotatable bonds is 3. The molecule has 3 nitrogen and oxygen atoms in total. The van der Waals surface area contributed by atoms with Crippen molar-refractivity contribution in [2.75, 3.05) is 0 Å². The van der Waals surface area contributed by atoms with Gasteiger partial charge in [-0.3, -0.25) is 10.2 Å². The summed E-state index contributed by atoms with van der Waals surface area (Å²) in [5, 5.41) is 7.68. The zero-order chi connectivity index (χ0) is 12.6. The second-order valence-electron chi connectivity index (χ2n) is 3.44. The van der Waals surface area contributed by atoms with Crippen LogP contribution in [0.25, 0.3) is 0 Å². The highest BCUT2D eigenvalue weighted by atomic mass is 35.5. The third kappa shape index (κ3) is 2.80. The Balaban J connectivity index is 2.26. The SMILES string of the molecule is Cc1cn(CC(=O)c2cc(Cl)sc2Cl)c(=N)s1. The lowest BCUT2D eigenvalue weighted by Gasteiger charge is -2.00. The van der Waals surface area contributed by atoms with E-state index in [1.165, 1.54) is 22.7 Å². The van der Waals surface area contributed by atoms with Gasteiger partial charge >= 0.3 is 0 Å². The molecule has 0 bridgehead atoms. The van der Waals surface area contributed by atoms with Gasteiger partial charge in [-0.2, -0.15) is 0 Å². The number of halogens is 2. The second kappa shape index (κ2) is 4.94. The molecule has 0 aliphatic rings. The maximum atomic E-state index is 12.0. The standard InChI is InChI=1S/C10H8Cl2N2OS2/c1-5-3-14(10(13)16-5)4-7(15)6-2-8(11)17-9(6)12/h2-3,13H,4H2,1H3. The van der Waals surface area contributed by atoms with Crippen LogP contribution in [-0.2, 0) is 6.54 Å². The van der Waals surface area contributed by atoms with Crippen molar-refractivity contribution in [3.05, 3.63) is 36.2 Å². The molecule has 0 atom stereocenters. The molecule has 0 aliphatic heterocycles. The zero-order valence-electron chi connectivity index (χ0n) is 8.79. The summed E-state index contributed by atoms with van der Waals surface area (Å²) in [4.78, 5) is 13.3.